The predicted molar refractivity (Wildman–Crippen MR) is 118 cm³/mol. The number of fused-ring (bicyclic) bond motifs is 1. The zero-order valence-corrected chi connectivity index (χ0v) is 18.4. The van der Waals surface area contributed by atoms with E-state index in [0.717, 1.165) is 19.3 Å². The molecule has 4 rings (SSSR count). The average molecular weight is 438 g/mol. The molecule has 0 unspecified atom stereocenters. The van der Waals surface area contributed by atoms with Crippen LogP contribution < -0.4 is 20.5 Å². The number of imidazole rings is 1. The smallest absolute Gasteiger partial charge is 0.271 e. The fourth-order valence-electron chi connectivity index (χ4n) is 4.41. The lowest BCUT2D eigenvalue weighted by Gasteiger charge is -2.46. The van der Waals surface area contributed by atoms with Gasteiger partial charge in [0, 0.05) is 18.4 Å². The van der Waals surface area contributed by atoms with E-state index >= 15 is 0 Å². The van der Waals surface area contributed by atoms with Crippen LogP contribution in [0.5, 0.6) is 11.6 Å². The maximum atomic E-state index is 12.7. The molecule has 1 aliphatic rings. The van der Waals surface area contributed by atoms with Gasteiger partial charge < -0.3 is 24.9 Å². The van der Waals surface area contributed by atoms with Gasteiger partial charge in [0.2, 0.25) is 5.88 Å². The van der Waals surface area contributed by atoms with Gasteiger partial charge in [0.05, 0.1) is 13.3 Å². The van der Waals surface area contributed by atoms with Crippen LogP contribution in [0.15, 0.2) is 42.9 Å². The van der Waals surface area contributed by atoms with Gasteiger partial charge in [0.15, 0.2) is 0 Å². The minimum absolute atomic E-state index is 0.0192. The van der Waals surface area contributed by atoms with Crippen LogP contribution >= 0.6 is 0 Å². The fourth-order valence-corrected chi connectivity index (χ4v) is 4.41. The van der Waals surface area contributed by atoms with Crippen LogP contribution in [0.4, 0.5) is 0 Å². The first kappa shape index (κ1) is 21.6. The van der Waals surface area contributed by atoms with E-state index in [1.807, 2.05) is 6.92 Å². The Labute approximate surface area is 185 Å². The molecule has 3 N–H and O–H groups in total. The molecule has 0 saturated heterocycles. The number of pyridine rings is 2. The number of aromatic nitrogens is 3. The van der Waals surface area contributed by atoms with E-state index in [1.54, 1.807) is 54.4 Å². The molecule has 1 saturated carbocycles. The van der Waals surface area contributed by atoms with Crippen molar-refractivity contribution in [2.75, 3.05) is 7.11 Å². The summed E-state index contributed by atoms with van der Waals surface area (Å²) in [4.78, 5) is 32.7. The maximum absolute atomic E-state index is 12.7. The molecule has 3 heterocycles. The Bertz CT molecular complexity index is 1150. The molecule has 9 heteroatoms. The largest absolute Gasteiger partial charge is 0.495 e. The number of nitrogens with zero attached hydrogens (tertiary/aromatic N) is 3. The third-order valence-corrected chi connectivity index (χ3v) is 5.82. The van der Waals surface area contributed by atoms with Crippen molar-refractivity contribution in [3.8, 4) is 11.6 Å². The molecule has 1 aliphatic carbocycles. The van der Waals surface area contributed by atoms with Crippen LogP contribution in [0.2, 0.25) is 0 Å². The maximum Gasteiger partial charge on any atom is 0.271 e. The zero-order chi connectivity index (χ0) is 22.9. The summed E-state index contributed by atoms with van der Waals surface area (Å²) in [6.45, 7) is 4.15. The Morgan fingerprint density at radius 2 is 2.09 bits per heavy atom. The molecule has 0 spiro atoms. The highest BCUT2D eigenvalue weighted by molar-refractivity contribution is 5.95. The molecule has 0 aromatic carbocycles. The molecule has 0 radical (unpaired) electrons. The number of primary amides is 1. The molecule has 32 heavy (non-hydrogen) atoms. The molecule has 0 aliphatic heterocycles. The Morgan fingerprint density at radius 3 is 2.81 bits per heavy atom. The first-order valence-electron chi connectivity index (χ1n) is 10.5. The third-order valence-electron chi connectivity index (χ3n) is 5.82. The summed E-state index contributed by atoms with van der Waals surface area (Å²) in [5.74, 6) is 0.197. The molecule has 3 aromatic heterocycles. The summed E-state index contributed by atoms with van der Waals surface area (Å²) in [7, 11) is 1.59. The summed E-state index contributed by atoms with van der Waals surface area (Å²) in [5, 5.41) is 3.04. The van der Waals surface area contributed by atoms with E-state index < -0.39 is 5.91 Å². The van der Waals surface area contributed by atoms with Crippen LogP contribution in [-0.2, 0) is 0 Å². The highest BCUT2D eigenvalue weighted by Gasteiger charge is 2.43. The highest BCUT2D eigenvalue weighted by atomic mass is 16.5. The minimum atomic E-state index is -0.558. The van der Waals surface area contributed by atoms with E-state index in [4.69, 9.17) is 15.2 Å². The highest BCUT2D eigenvalue weighted by Crippen LogP contribution is 2.46. The second-order valence-electron chi connectivity index (χ2n) is 8.72. The van der Waals surface area contributed by atoms with Crippen molar-refractivity contribution in [2.24, 2.45) is 11.1 Å². The van der Waals surface area contributed by atoms with Gasteiger partial charge in [-0.3, -0.25) is 9.59 Å². The van der Waals surface area contributed by atoms with Crippen LogP contribution in [0.3, 0.4) is 0 Å². The normalized spacial score (nSPS) is 20.9. The number of nitrogens with one attached hydrogen (secondary N) is 1. The second kappa shape index (κ2) is 8.49. The molecule has 1 fully saturated rings. The fraction of sp³-hybridized carbons (Fsp3) is 0.391. The Hall–Kier alpha value is -3.62. The number of rotatable bonds is 8. The first-order chi connectivity index (χ1) is 15.3. The summed E-state index contributed by atoms with van der Waals surface area (Å²) in [6.07, 6.45) is 7.41. The van der Waals surface area contributed by atoms with E-state index in [1.165, 1.54) is 0 Å². The lowest BCUT2D eigenvalue weighted by molar-refractivity contribution is -0.0153. The molecular weight excluding hydrogens is 410 g/mol. The Kier molecular flexibility index (Phi) is 5.73. The van der Waals surface area contributed by atoms with E-state index in [2.05, 4.69) is 22.2 Å². The number of methoxy groups -OCH3 is 1. The third kappa shape index (κ3) is 4.51. The summed E-state index contributed by atoms with van der Waals surface area (Å²) >= 11 is 0. The Morgan fingerprint density at radius 1 is 1.31 bits per heavy atom. The van der Waals surface area contributed by atoms with Crippen LogP contribution in [0, 0.1) is 5.41 Å². The predicted octanol–water partition coefficient (Wildman–Crippen LogP) is 2.59. The summed E-state index contributed by atoms with van der Waals surface area (Å²) in [5.41, 5.74) is 6.73. The van der Waals surface area contributed by atoms with E-state index in [9.17, 15) is 9.59 Å². The van der Waals surface area contributed by atoms with Gasteiger partial charge >= 0.3 is 0 Å². The van der Waals surface area contributed by atoms with Crippen LogP contribution in [0.1, 0.15) is 54.0 Å². The molecule has 2 amide bonds. The van der Waals surface area contributed by atoms with Gasteiger partial charge in [-0.1, -0.05) is 6.92 Å². The van der Waals surface area contributed by atoms with Crippen molar-refractivity contribution in [2.45, 2.75) is 45.3 Å². The van der Waals surface area contributed by atoms with Gasteiger partial charge in [0.1, 0.15) is 28.8 Å². The lowest BCUT2D eigenvalue weighted by Crippen LogP contribution is -2.46. The molecule has 9 nitrogen and oxygen atoms in total. The molecule has 3 aromatic rings. The van der Waals surface area contributed by atoms with Gasteiger partial charge in [-0.2, -0.15) is 0 Å². The number of amides is 2. The van der Waals surface area contributed by atoms with Crippen molar-refractivity contribution in [1.29, 1.82) is 0 Å². The van der Waals surface area contributed by atoms with Crippen molar-refractivity contribution in [1.82, 2.24) is 19.7 Å². The summed E-state index contributed by atoms with van der Waals surface area (Å²) < 4.78 is 12.9. The SMILES string of the molecule is COc1ccc2nc(C(=O)N[C@H](C)CC3(C)CC(Oc4ncccc4C(N)=O)C3)cn2c1. The van der Waals surface area contributed by atoms with E-state index in [0.29, 0.717) is 17.1 Å². The zero-order valence-electron chi connectivity index (χ0n) is 18.4. The second-order valence-corrected chi connectivity index (χ2v) is 8.72. The van der Waals surface area contributed by atoms with Crippen LogP contribution in [-0.4, -0.2) is 45.4 Å². The summed E-state index contributed by atoms with van der Waals surface area (Å²) in [6, 6.07) is 6.83. The standard InChI is InChI=1S/C23H27N5O4/c1-14(26-21(30)18-13-28-12-15(31-3)6-7-19(28)27-18)9-23(2)10-16(11-23)32-22-17(20(24)29)5-4-8-25-22/h4-8,12-14,16H,9-11H2,1-3H3,(H2,24,29)(H,26,30)/t14-,16?,23?/m1/s1. The molecule has 0 bridgehead atoms. The topological polar surface area (TPSA) is 121 Å². The molecule has 168 valence electrons. The number of carbonyl (C=O) groups is 2. The van der Waals surface area contributed by atoms with Gasteiger partial charge in [-0.15, -0.1) is 0 Å². The van der Waals surface area contributed by atoms with Crippen molar-refractivity contribution >= 4 is 17.5 Å². The van der Waals surface area contributed by atoms with Crippen molar-refractivity contribution in [3.05, 3.63) is 54.1 Å². The number of hydrogen-bond donors (Lipinski definition) is 2. The molecule has 1 atom stereocenters. The average Bonchev–Trinajstić information content (AvgIpc) is 3.16. The first-order valence-corrected chi connectivity index (χ1v) is 10.5. The van der Waals surface area contributed by atoms with Crippen molar-refractivity contribution < 1.29 is 19.1 Å². The quantitative estimate of drug-likeness (QED) is 0.559. The van der Waals surface area contributed by atoms with Gasteiger partial charge in [-0.25, -0.2) is 9.97 Å². The van der Waals surface area contributed by atoms with Crippen molar-refractivity contribution in [3.63, 3.8) is 0 Å². The van der Waals surface area contributed by atoms with Crippen LogP contribution in [0.25, 0.3) is 5.65 Å². The minimum Gasteiger partial charge on any atom is -0.495 e. The Balaban J connectivity index is 1.31. The number of nitrogens with two attached hydrogens (primary N) is 1. The monoisotopic (exact) mass is 437 g/mol. The van der Waals surface area contributed by atoms with Gasteiger partial charge in [0.25, 0.3) is 11.8 Å². The molecular formula is C23H27N5O4. The lowest BCUT2D eigenvalue weighted by atomic mass is 9.65. The van der Waals surface area contributed by atoms with E-state index in [-0.39, 0.29) is 34.9 Å². The number of carbonyl (C=O) groups excluding carboxylic acids is 2. The number of ether oxygens (including phenoxy) is 2. The van der Waals surface area contributed by atoms with Gasteiger partial charge in [-0.05, 0) is 55.9 Å². The number of hydrogen-bond acceptors (Lipinski definition) is 6.